The maximum absolute atomic E-state index is 12.1. The van der Waals surface area contributed by atoms with Gasteiger partial charge in [0.25, 0.3) is 0 Å². The van der Waals surface area contributed by atoms with Gasteiger partial charge < -0.3 is 4.74 Å². The second kappa shape index (κ2) is 4.22. The van der Waals surface area contributed by atoms with Gasteiger partial charge in [-0.1, -0.05) is 30.4 Å². The Morgan fingerprint density at radius 3 is 2.79 bits per heavy atom. The Labute approximate surface area is 113 Å². The van der Waals surface area contributed by atoms with Gasteiger partial charge in [0.2, 0.25) is 0 Å². The van der Waals surface area contributed by atoms with E-state index in [0.29, 0.717) is 11.5 Å². The minimum Gasteiger partial charge on any atom is -0.458 e. The van der Waals surface area contributed by atoms with E-state index < -0.39 is 0 Å². The molecular formula is C17H18O2. The van der Waals surface area contributed by atoms with Crippen molar-refractivity contribution in [1.29, 1.82) is 0 Å². The lowest BCUT2D eigenvalue weighted by molar-refractivity contribution is 0.00317. The average molecular weight is 254 g/mol. The van der Waals surface area contributed by atoms with Crippen molar-refractivity contribution >= 4 is 5.97 Å². The SMILES string of the molecule is O=C(OC1CC2CC1C1CC=CC21)c1ccccc1. The second-order valence-electron chi connectivity index (χ2n) is 6.11. The van der Waals surface area contributed by atoms with Crippen LogP contribution >= 0.6 is 0 Å². The molecule has 2 fully saturated rings. The summed E-state index contributed by atoms with van der Waals surface area (Å²) in [6.45, 7) is 0. The van der Waals surface area contributed by atoms with E-state index in [1.165, 1.54) is 12.8 Å². The zero-order valence-corrected chi connectivity index (χ0v) is 10.9. The van der Waals surface area contributed by atoms with Crippen LogP contribution in [0.2, 0.25) is 0 Å². The number of allylic oxidation sites excluding steroid dienone is 2. The van der Waals surface area contributed by atoms with Crippen LogP contribution in [0.25, 0.3) is 0 Å². The minimum absolute atomic E-state index is 0.152. The molecule has 2 bridgehead atoms. The van der Waals surface area contributed by atoms with Gasteiger partial charge in [-0.05, 0) is 55.1 Å². The standard InChI is InChI=1S/C17H18O2/c18-17(11-5-2-1-3-6-11)19-16-10-12-9-15(16)14-8-4-7-13(12)14/h1-7,12-16H,8-10H2. The Hall–Kier alpha value is -1.57. The molecule has 3 aliphatic rings. The lowest BCUT2D eigenvalue weighted by Gasteiger charge is -2.31. The van der Waals surface area contributed by atoms with Gasteiger partial charge in [-0.15, -0.1) is 0 Å². The second-order valence-corrected chi connectivity index (χ2v) is 6.11. The van der Waals surface area contributed by atoms with Crippen molar-refractivity contribution in [2.75, 3.05) is 0 Å². The molecule has 0 spiro atoms. The molecule has 2 saturated carbocycles. The van der Waals surface area contributed by atoms with Gasteiger partial charge in [0.1, 0.15) is 6.10 Å². The van der Waals surface area contributed by atoms with Gasteiger partial charge in [-0.2, -0.15) is 0 Å². The van der Waals surface area contributed by atoms with Gasteiger partial charge in [0.15, 0.2) is 0 Å². The fraction of sp³-hybridized carbons (Fsp3) is 0.471. The number of hydrogen-bond donors (Lipinski definition) is 0. The Kier molecular flexibility index (Phi) is 2.51. The van der Waals surface area contributed by atoms with Crippen LogP contribution in [0.1, 0.15) is 29.6 Å². The van der Waals surface area contributed by atoms with E-state index >= 15 is 0 Å². The fourth-order valence-electron chi connectivity index (χ4n) is 4.41. The van der Waals surface area contributed by atoms with Crippen LogP contribution in [-0.4, -0.2) is 12.1 Å². The summed E-state index contributed by atoms with van der Waals surface area (Å²) in [5.74, 6) is 2.71. The van der Waals surface area contributed by atoms with Crippen molar-refractivity contribution in [2.45, 2.75) is 25.4 Å². The molecule has 98 valence electrons. The molecule has 2 nitrogen and oxygen atoms in total. The molecular weight excluding hydrogens is 236 g/mol. The Bertz CT molecular complexity index is 519. The third-order valence-electron chi connectivity index (χ3n) is 5.21. The lowest BCUT2D eigenvalue weighted by atomic mass is 9.80. The van der Waals surface area contributed by atoms with E-state index in [0.717, 1.165) is 24.2 Å². The monoisotopic (exact) mass is 254 g/mol. The topological polar surface area (TPSA) is 26.3 Å². The van der Waals surface area contributed by atoms with Gasteiger partial charge in [-0.25, -0.2) is 4.79 Å². The average Bonchev–Trinajstić information content (AvgIpc) is 3.11. The third-order valence-corrected chi connectivity index (χ3v) is 5.21. The van der Waals surface area contributed by atoms with Crippen LogP contribution in [0.5, 0.6) is 0 Å². The van der Waals surface area contributed by atoms with E-state index in [1.54, 1.807) is 0 Å². The van der Waals surface area contributed by atoms with Crippen LogP contribution in [0.3, 0.4) is 0 Å². The van der Waals surface area contributed by atoms with E-state index in [4.69, 9.17) is 4.74 Å². The highest BCUT2D eigenvalue weighted by Crippen LogP contribution is 2.57. The van der Waals surface area contributed by atoms with Gasteiger partial charge in [-0.3, -0.25) is 0 Å². The number of carbonyl (C=O) groups excluding carboxylic acids is 1. The molecule has 1 aromatic carbocycles. The van der Waals surface area contributed by atoms with E-state index in [1.807, 2.05) is 30.3 Å². The molecule has 2 heteroatoms. The van der Waals surface area contributed by atoms with Crippen molar-refractivity contribution in [1.82, 2.24) is 0 Å². The summed E-state index contributed by atoms with van der Waals surface area (Å²) in [7, 11) is 0. The minimum atomic E-state index is -0.152. The normalized spacial score (nSPS) is 38.4. The number of benzene rings is 1. The molecule has 0 radical (unpaired) electrons. The van der Waals surface area contributed by atoms with Crippen molar-refractivity contribution in [3.8, 4) is 0 Å². The molecule has 5 atom stereocenters. The molecule has 1 aromatic rings. The summed E-state index contributed by atoms with van der Waals surface area (Å²) in [6.07, 6.45) is 8.37. The van der Waals surface area contributed by atoms with E-state index in [9.17, 15) is 4.79 Å². The number of fused-ring (bicyclic) bond motifs is 5. The number of carbonyl (C=O) groups is 1. The maximum Gasteiger partial charge on any atom is 0.338 e. The maximum atomic E-state index is 12.1. The summed E-state index contributed by atoms with van der Waals surface area (Å²) in [6, 6.07) is 9.34. The van der Waals surface area contributed by atoms with Crippen molar-refractivity contribution in [2.24, 2.45) is 23.7 Å². The molecule has 5 unspecified atom stereocenters. The first-order valence-corrected chi connectivity index (χ1v) is 7.25. The zero-order valence-electron chi connectivity index (χ0n) is 10.9. The zero-order chi connectivity index (χ0) is 12.8. The number of esters is 1. The molecule has 4 rings (SSSR count). The summed E-state index contributed by atoms with van der Waals surface area (Å²) < 4.78 is 5.77. The molecule has 0 aliphatic heterocycles. The number of hydrogen-bond acceptors (Lipinski definition) is 2. The van der Waals surface area contributed by atoms with Crippen LogP contribution in [0, 0.1) is 23.7 Å². The van der Waals surface area contributed by atoms with E-state index in [2.05, 4.69) is 12.2 Å². The smallest absolute Gasteiger partial charge is 0.338 e. The van der Waals surface area contributed by atoms with Crippen molar-refractivity contribution in [3.05, 3.63) is 48.0 Å². The predicted octanol–water partition coefficient (Wildman–Crippen LogP) is 3.44. The third kappa shape index (κ3) is 1.73. The Morgan fingerprint density at radius 2 is 1.95 bits per heavy atom. The Balaban J connectivity index is 1.47. The predicted molar refractivity (Wildman–Crippen MR) is 72.6 cm³/mol. The highest BCUT2D eigenvalue weighted by Gasteiger charge is 2.53. The van der Waals surface area contributed by atoms with Crippen LogP contribution in [0.4, 0.5) is 0 Å². The van der Waals surface area contributed by atoms with Crippen molar-refractivity contribution in [3.63, 3.8) is 0 Å². The molecule has 19 heavy (non-hydrogen) atoms. The van der Waals surface area contributed by atoms with Gasteiger partial charge in [0, 0.05) is 0 Å². The largest absolute Gasteiger partial charge is 0.458 e. The van der Waals surface area contributed by atoms with Crippen LogP contribution in [-0.2, 0) is 4.74 Å². The first-order chi connectivity index (χ1) is 9.33. The number of rotatable bonds is 2. The summed E-state index contributed by atoms with van der Waals surface area (Å²) in [4.78, 5) is 12.1. The van der Waals surface area contributed by atoms with Crippen molar-refractivity contribution < 1.29 is 9.53 Å². The fourth-order valence-corrected chi connectivity index (χ4v) is 4.41. The van der Waals surface area contributed by atoms with Crippen LogP contribution in [0.15, 0.2) is 42.5 Å². The highest BCUT2D eigenvalue weighted by molar-refractivity contribution is 5.89. The molecule has 0 heterocycles. The van der Waals surface area contributed by atoms with Gasteiger partial charge >= 0.3 is 5.97 Å². The summed E-state index contributed by atoms with van der Waals surface area (Å²) in [5, 5.41) is 0. The van der Waals surface area contributed by atoms with E-state index in [-0.39, 0.29) is 12.1 Å². The molecule has 0 saturated heterocycles. The summed E-state index contributed by atoms with van der Waals surface area (Å²) >= 11 is 0. The lowest BCUT2D eigenvalue weighted by Crippen LogP contribution is -2.32. The Morgan fingerprint density at radius 1 is 1.11 bits per heavy atom. The molecule has 3 aliphatic carbocycles. The molecule has 0 amide bonds. The number of ether oxygens (including phenoxy) is 1. The quantitative estimate of drug-likeness (QED) is 0.597. The molecule has 0 aromatic heterocycles. The molecule has 0 N–H and O–H groups in total. The first kappa shape index (κ1) is 11.3. The van der Waals surface area contributed by atoms with Gasteiger partial charge in [0.05, 0.1) is 5.56 Å². The highest BCUT2D eigenvalue weighted by atomic mass is 16.5. The summed E-state index contributed by atoms with van der Waals surface area (Å²) in [5.41, 5.74) is 0.673. The van der Waals surface area contributed by atoms with Crippen LogP contribution < -0.4 is 0 Å². The first-order valence-electron chi connectivity index (χ1n) is 7.25.